The average molecular weight is 326 g/mol. The van der Waals surface area contributed by atoms with Crippen LogP contribution in [0.3, 0.4) is 0 Å². The molecule has 0 spiro atoms. The Morgan fingerprint density at radius 3 is 2.68 bits per heavy atom. The van der Waals surface area contributed by atoms with E-state index in [1.54, 1.807) is 23.5 Å². The molecule has 6 heteroatoms. The first-order valence-electron chi connectivity index (χ1n) is 7.91. The second kappa shape index (κ2) is 6.26. The normalized spacial score (nSPS) is 23.9. The van der Waals surface area contributed by atoms with Gasteiger partial charge in [0, 0.05) is 31.7 Å². The Labute approximate surface area is 132 Å². The minimum Gasteiger partial charge on any atom is -0.297 e. The summed E-state index contributed by atoms with van der Waals surface area (Å²) in [6.07, 6.45) is 3.41. The third kappa shape index (κ3) is 3.34. The lowest BCUT2D eigenvalue weighted by Gasteiger charge is -2.37. The molecule has 22 heavy (non-hydrogen) atoms. The molecule has 1 saturated carbocycles. The molecule has 0 unspecified atom stereocenters. The van der Waals surface area contributed by atoms with E-state index in [0.717, 1.165) is 32.2 Å². The third-order valence-corrected chi connectivity index (χ3v) is 7.11. The predicted molar refractivity (Wildman–Crippen MR) is 84.4 cm³/mol. The highest BCUT2D eigenvalue weighted by atomic mass is 32.2. The second-order valence-electron chi connectivity index (χ2n) is 6.38. The van der Waals surface area contributed by atoms with Gasteiger partial charge in [-0.05, 0) is 38.3 Å². The largest absolute Gasteiger partial charge is 0.297 e. The average Bonchev–Trinajstić information content (AvgIpc) is 3.34. The van der Waals surface area contributed by atoms with Crippen molar-refractivity contribution in [2.45, 2.75) is 43.5 Å². The summed E-state index contributed by atoms with van der Waals surface area (Å²) in [4.78, 5) is 2.16. The van der Waals surface area contributed by atoms with Crippen LogP contribution in [0.5, 0.6) is 0 Å². The van der Waals surface area contributed by atoms with Gasteiger partial charge in [0.1, 0.15) is 5.82 Å². The van der Waals surface area contributed by atoms with Crippen LogP contribution in [0.4, 0.5) is 4.39 Å². The van der Waals surface area contributed by atoms with Crippen LogP contribution >= 0.6 is 0 Å². The molecule has 0 amide bonds. The lowest BCUT2D eigenvalue weighted by molar-refractivity contribution is 0.151. The predicted octanol–water partition coefficient (Wildman–Crippen LogP) is 2.21. The Morgan fingerprint density at radius 2 is 2.00 bits per heavy atom. The Balaban J connectivity index is 1.65. The Bertz CT molecular complexity index is 631. The van der Waals surface area contributed by atoms with Crippen molar-refractivity contribution in [1.82, 2.24) is 9.21 Å². The van der Waals surface area contributed by atoms with Crippen LogP contribution in [0.15, 0.2) is 24.3 Å². The van der Waals surface area contributed by atoms with Gasteiger partial charge in [-0.3, -0.25) is 4.90 Å². The fraction of sp³-hybridized carbons (Fsp3) is 0.625. The summed E-state index contributed by atoms with van der Waals surface area (Å²) in [5, 5.41) is -0.167. The zero-order chi connectivity index (χ0) is 15.7. The molecule has 0 aromatic heterocycles. The lowest BCUT2D eigenvalue weighted by Crippen LogP contribution is -2.49. The number of piperidine rings is 1. The Hall–Kier alpha value is -0.980. The first kappa shape index (κ1) is 15.9. The van der Waals surface area contributed by atoms with Gasteiger partial charge >= 0.3 is 0 Å². The molecule has 1 heterocycles. The lowest BCUT2D eigenvalue weighted by atomic mass is 10.0. The van der Waals surface area contributed by atoms with Gasteiger partial charge in [-0.1, -0.05) is 18.2 Å². The Kier molecular flexibility index (Phi) is 4.52. The molecule has 3 rings (SSSR count). The highest BCUT2D eigenvalue weighted by Gasteiger charge is 2.41. The van der Waals surface area contributed by atoms with E-state index < -0.39 is 10.0 Å². The maximum Gasteiger partial charge on any atom is 0.217 e. The second-order valence-corrected chi connectivity index (χ2v) is 8.66. The molecule has 2 aliphatic rings. The van der Waals surface area contributed by atoms with Gasteiger partial charge in [-0.15, -0.1) is 0 Å². The van der Waals surface area contributed by atoms with Crippen LogP contribution in [-0.4, -0.2) is 49.1 Å². The van der Waals surface area contributed by atoms with E-state index in [9.17, 15) is 12.8 Å². The molecule has 1 atom stereocenters. The van der Waals surface area contributed by atoms with Gasteiger partial charge in [0.2, 0.25) is 10.0 Å². The number of sulfonamides is 1. The van der Waals surface area contributed by atoms with Crippen LogP contribution in [-0.2, 0) is 16.6 Å². The van der Waals surface area contributed by atoms with Crippen molar-refractivity contribution in [3.63, 3.8) is 0 Å². The van der Waals surface area contributed by atoms with E-state index in [2.05, 4.69) is 4.90 Å². The van der Waals surface area contributed by atoms with Crippen LogP contribution in [0.25, 0.3) is 0 Å². The quantitative estimate of drug-likeness (QED) is 0.833. The number of rotatable bonds is 5. The third-order valence-electron chi connectivity index (χ3n) is 4.69. The van der Waals surface area contributed by atoms with Crippen molar-refractivity contribution < 1.29 is 12.8 Å². The van der Waals surface area contributed by atoms with Gasteiger partial charge in [-0.25, -0.2) is 17.1 Å². The summed E-state index contributed by atoms with van der Waals surface area (Å²) >= 11 is 0. The fourth-order valence-corrected chi connectivity index (χ4v) is 4.94. The highest BCUT2D eigenvalue weighted by molar-refractivity contribution is 7.90. The summed E-state index contributed by atoms with van der Waals surface area (Å²) < 4.78 is 40.1. The molecule has 1 aromatic carbocycles. The van der Waals surface area contributed by atoms with Crippen molar-refractivity contribution in [3.05, 3.63) is 35.6 Å². The van der Waals surface area contributed by atoms with Crippen molar-refractivity contribution in [3.8, 4) is 0 Å². The van der Waals surface area contributed by atoms with Gasteiger partial charge in [0.05, 0.1) is 5.25 Å². The van der Waals surface area contributed by atoms with E-state index in [1.165, 1.54) is 6.07 Å². The van der Waals surface area contributed by atoms with Gasteiger partial charge < -0.3 is 0 Å². The number of benzene rings is 1. The topological polar surface area (TPSA) is 40.6 Å². The molecule has 2 fully saturated rings. The SMILES string of the molecule is CN([C@@H]1CCCN(Cc2ccccc2F)C1)S(=O)(=O)C1CC1. The van der Waals surface area contributed by atoms with E-state index in [0.29, 0.717) is 18.7 Å². The summed E-state index contributed by atoms with van der Waals surface area (Å²) in [6.45, 7) is 2.11. The zero-order valence-corrected chi connectivity index (χ0v) is 13.7. The first-order chi connectivity index (χ1) is 10.5. The number of halogens is 1. The van der Waals surface area contributed by atoms with Crippen molar-refractivity contribution >= 4 is 10.0 Å². The number of hydrogen-bond acceptors (Lipinski definition) is 3. The summed E-state index contributed by atoms with van der Waals surface area (Å²) in [5.41, 5.74) is 0.677. The molecular formula is C16H23FN2O2S. The van der Waals surface area contributed by atoms with Gasteiger partial charge in [-0.2, -0.15) is 0 Å². The fourth-order valence-electron chi connectivity index (χ4n) is 3.15. The summed E-state index contributed by atoms with van der Waals surface area (Å²) in [6, 6.07) is 6.80. The summed E-state index contributed by atoms with van der Waals surface area (Å²) in [7, 11) is -1.44. The van der Waals surface area contributed by atoms with Crippen LogP contribution < -0.4 is 0 Å². The molecule has 122 valence electrons. The van der Waals surface area contributed by atoms with Gasteiger partial charge in [0.15, 0.2) is 0 Å². The molecule has 1 aromatic rings. The van der Waals surface area contributed by atoms with E-state index in [1.807, 2.05) is 6.07 Å². The van der Waals surface area contributed by atoms with E-state index >= 15 is 0 Å². The summed E-state index contributed by atoms with van der Waals surface area (Å²) in [5.74, 6) is -0.191. The minimum absolute atomic E-state index is 0.00567. The highest BCUT2D eigenvalue weighted by Crippen LogP contribution is 2.32. The molecule has 1 saturated heterocycles. The molecule has 4 nitrogen and oxygen atoms in total. The number of likely N-dealkylation sites (N-methyl/N-ethyl adjacent to an activating group) is 1. The van der Waals surface area contributed by atoms with Crippen LogP contribution in [0, 0.1) is 5.82 Å². The van der Waals surface area contributed by atoms with Crippen LogP contribution in [0.2, 0.25) is 0 Å². The number of nitrogens with zero attached hydrogens (tertiary/aromatic N) is 2. The first-order valence-corrected chi connectivity index (χ1v) is 9.41. The maximum atomic E-state index is 13.8. The molecule has 1 aliphatic carbocycles. The van der Waals surface area contributed by atoms with Crippen molar-refractivity contribution in [2.24, 2.45) is 0 Å². The standard InChI is InChI=1S/C16H23FN2O2S/c1-18(22(20,21)15-8-9-15)14-6-4-10-19(12-14)11-13-5-2-3-7-16(13)17/h2-3,5,7,14-15H,4,6,8-12H2,1H3/t14-/m1/s1. The van der Waals surface area contributed by atoms with Crippen LogP contribution in [0.1, 0.15) is 31.2 Å². The van der Waals surface area contributed by atoms with Crippen molar-refractivity contribution in [1.29, 1.82) is 0 Å². The number of likely N-dealkylation sites (tertiary alicyclic amines) is 1. The molecule has 1 aliphatic heterocycles. The molecular weight excluding hydrogens is 303 g/mol. The monoisotopic (exact) mass is 326 g/mol. The van der Waals surface area contributed by atoms with E-state index in [-0.39, 0.29) is 17.1 Å². The molecule has 0 N–H and O–H groups in total. The molecule has 0 radical (unpaired) electrons. The Morgan fingerprint density at radius 1 is 1.27 bits per heavy atom. The number of hydrogen-bond donors (Lipinski definition) is 0. The van der Waals surface area contributed by atoms with E-state index in [4.69, 9.17) is 0 Å². The molecule has 0 bridgehead atoms. The maximum absolute atomic E-state index is 13.8. The van der Waals surface area contributed by atoms with Crippen molar-refractivity contribution in [2.75, 3.05) is 20.1 Å². The van der Waals surface area contributed by atoms with Gasteiger partial charge in [0.25, 0.3) is 0 Å². The smallest absolute Gasteiger partial charge is 0.217 e. The zero-order valence-electron chi connectivity index (χ0n) is 12.9. The minimum atomic E-state index is -3.14.